The smallest absolute Gasteiger partial charge is 0.278 e. The number of thiol groups is 1. The summed E-state index contributed by atoms with van der Waals surface area (Å²) >= 11 is 8.94. The van der Waals surface area contributed by atoms with E-state index in [0.717, 1.165) is 5.70 Å². The summed E-state index contributed by atoms with van der Waals surface area (Å²) in [5, 5.41) is 7.31. The lowest BCUT2D eigenvalue weighted by molar-refractivity contribution is 1.06. The van der Waals surface area contributed by atoms with Gasteiger partial charge >= 0.3 is 0 Å². The van der Waals surface area contributed by atoms with E-state index in [0.29, 0.717) is 23.0 Å². The molecule has 2 rings (SSSR count). The first-order valence-corrected chi connectivity index (χ1v) is 5.31. The number of nitrogens with one attached hydrogen (secondary N) is 3. The van der Waals surface area contributed by atoms with Crippen LogP contribution in [0.2, 0.25) is 0 Å². The molecule has 0 spiro atoms. The fourth-order valence-corrected chi connectivity index (χ4v) is 1.60. The topological polar surface area (TPSA) is 95.8 Å². The van der Waals surface area contributed by atoms with Crippen molar-refractivity contribution in [1.82, 2.24) is 9.97 Å². The quantitative estimate of drug-likeness (QED) is 0.282. The van der Waals surface area contributed by atoms with Gasteiger partial charge in [0.15, 0.2) is 5.82 Å². The van der Waals surface area contributed by atoms with Crippen LogP contribution in [0, 0.1) is 0 Å². The highest BCUT2D eigenvalue weighted by atomic mass is 32.1. The van der Waals surface area contributed by atoms with Crippen LogP contribution >= 0.6 is 24.8 Å². The largest absolute Gasteiger partial charge is 0.369 e. The zero-order valence-electron chi connectivity index (χ0n) is 8.07. The van der Waals surface area contributed by atoms with E-state index in [1.807, 2.05) is 0 Å². The van der Waals surface area contributed by atoms with Gasteiger partial charge in [0.1, 0.15) is 5.69 Å². The molecule has 0 atom stereocenters. The standard InChI is InChI=1S/C8H9N5OS2/c9-8-12-6-5(7(14)13-8)11-3(1-10-6)4(16)2-15/h2,11,16H,1H2,(H4,9,10,12,13,14). The first-order valence-electron chi connectivity index (χ1n) is 4.40. The van der Waals surface area contributed by atoms with Crippen LogP contribution in [0.15, 0.2) is 15.4 Å². The zero-order valence-corrected chi connectivity index (χ0v) is 9.78. The maximum atomic E-state index is 11.6. The Kier molecular flexibility index (Phi) is 2.84. The van der Waals surface area contributed by atoms with E-state index in [1.54, 1.807) is 0 Å². The molecule has 1 aliphatic rings. The first kappa shape index (κ1) is 11.0. The molecular formula is C8H9N5OS2. The van der Waals surface area contributed by atoms with E-state index in [2.05, 4.69) is 33.2 Å². The minimum Gasteiger partial charge on any atom is -0.369 e. The number of H-pyrrole nitrogens is 1. The van der Waals surface area contributed by atoms with Crippen molar-refractivity contribution in [3.8, 4) is 0 Å². The van der Waals surface area contributed by atoms with Crippen molar-refractivity contribution in [3.63, 3.8) is 0 Å². The van der Waals surface area contributed by atoms with Crippen molar-refractivity contribution in [2.75, 3.05) is 22.9 Å². The molecule has 0 bridgehead atoms. The van der Waals surface area contributed by atoms with Gasteiger partial charge in [-0.05, 0) is 0 Å². The van der Waals surface area contributed by atoms with E-state index < -0.39 is 0 Å². The van der Waals surface area contributed by atoms with Gasteiger partial charge in [0, 0.05) is 16.0 Å². The summed E-state index contributed by atoms with van der Waals surface area (Å²) in [6, 6.07) is 0. The van der Waals surface area contributed by atoms with Crippen molar-refractivity contribution in [2.24, 2.45) is 0 Å². The Bertz CT molecular complexity index is 536. The Hall–Kier alpha value is -1.54. The monoisotopic (exact) mass is 255 g/mol. The number of nitrogens with two attached hydrogens (primary N) is 1. The highest BCUT2D eigenvalue weighted by Crippen LogP contribution is 2.23. The number of fused-ring (bicyclic) bond motifs is 1. The van der Waals surface area contributed by atoms with Crippen molar-refractivity contribution in [3.05, 3.63) is 21.0 Å². The molecule has 1 aromatic heterocycles. The third-order valence-electron chi connectivity index (χ3n) is 2.07. The Morgan fingerprint density at radius 2 is 2.38 bits per heavy atom. The molecule has 0 radical (unpaired) electrons. The maximum absolute atomic E-state index is 11.6. The van der Waals surface area contributed by atoms with Crippen molar-refractivity contribution in [2.45, 2.75) is 0 Å². The molecule has 8 heteroatoms. The van der Waals surface area contributed by atoms with Crippen LogP contribution in [-0.2, 0) is 0 Å². The van der Waals surface area contributed by atoms with Gasteiger partial charge in [-0.15, -0.1) is 12.6 Å². The van der Waals surface area contributed by atoms with Crippen molar-refractivity contribution >= 4 is 47.7 Å². The molecule has 0 aromatic carbocycles. The van der Waals surface area contributed by atoms with Gasteiger partial charge in [0.25, 0.3) is 5.56 Å². The molecule has 84 valence electrons. The summed E-state index contributed by atoms with van der Waals surface area (Å²) in [5.74, 6) is 0.502. The lowest BCUT2D eigenvalue weighted by Gasteiger charge is -2.21. The fraction of sp³-hybridized carbons (Fsp3) is 0.125. The van der Waals surface area contributed by atoms with E-state index >= 15 is 0 Å². The van der Waals surface area contributed by atoms with Crippen LogP contribution in [0.1, 0.15) is 0 Å². The first-order chi connectivity index (χ1) is 7.61. The molecule has 5 N–H and O–H groups in total. The van der Waals surface area contributed by atoms with Gasteiger partial charge in [0.05, 0.1) is 6.54 Å². The molecule has 0 saturated carbocycles. The highest BCUT2D eigenvalue weighted by Gasteiger charge is 2.18. The van der Waals surface area contributed by atoms with E-state index in [9.17, 15) is 4.79 Å². The van der Waals surface area contributed by atoms with E-state index in [4.69, 9.17) is 18.0 Å². The number of rotatable bonds is 1. The van der Waals surface area contributed by atoms with E-state index in [1.165, 1.54) is 5.37 Å². The van der Waals surface area contributed by atoms with Crippen LogP contribution in [0.4, 0.5) is 17.5 Å². The summed E-state index contributed by atoms with van der Waals surface area (Å²) in [4.78, 5) is 18.5. The third kappa shape index (κ3) is 1.89. The average Bonchev–Trinajstić information content (AvgIpc) is 2.27. The number of hydrogen-bond donors (Lipinski definition) is 5. The minimum absolute atomic E-state index is 0.0754. The number of aromatic amines is 1. The maximum Gasteiger partial charge on any atom is 0.278 e. The molecule has 0 unspecified atom stereocenters. The summed E-state index contributed by atoms with van der Waals surface area (Å²) in [5.41, 5.74) is 6.13. The molecule has 1 aromatic rings. The molecule has 0 fully saturated rings. The Morgan fingerprint density at radius 3 is 3.06 bits per heavy atom. The van der Waals surface area contributed by atoms with Gasteiger partial charge in [-0.2, -0.15) is 4.98 Å². The van der Waals surface area contributed by atoms with Crippen LogP contribution < -0.4 is 21.9 Å². The predicted octanol–water partition coefficient (Wildman–Crippen LogP) is 0.331. The van der Waals surface area contributed by atoms with Gasteiger partial charge in [-0.1, -0.05) is 12.2 Å². The minimum atomic E-state index is -0.335. The molecule has 6 nitrogen and oxygen atoms in total. The summed E-state index contributed by atoms with van der Waals surface area (Å²) in [6.07, 6.45) is 0. The van der Waals surface area contributed by atoms with Crippen LogP contribution in [-0.4, -0.2) is 21.9 Å². The molecule has 2 heterocycles. The third-order valence-corrected chi connectivity index (χ3v) is 2.88. The number of nitrogen functional groups attached to an aromatic ring is 1. The SMILES string of the molecule is Nc1nc2c(c(=O)[nH]1)NC(=C(S)C=S)CN2. The lowest BCUT2D eigenvalue weighted by Crippen LogP contribution is -2.28. The fourth-order valence-electron chi connectivity index (χ4n) is 1.33. The number of hydrogen-bond acceptors (Lipinski definition) is 7. The molecule has 0 aliphatic carbocycles. The van der Waals surface area contributed by atoms with Gasteiger partial charge < -0.3 is 16.4 Å². The Balaban J connectivity index is 2.49. The molecule has 0 saturated heterocycles. The number of aromatic nitrogens is 2. The molecule has 1 aliphatic heterocycles. The normalized spacial score (nSPS) is 16.8. The number of nitrogens with zero attached hydrogens (tertiary/aromatic N) is 1. The lowest BCUT2D eigenvalue weighted by atomic mass is 10.3. The molecular weight excluding hydrogens is 246 g/mol. The van der Waals surface area contributed by atoms with Crippen molar-refractivity contribution in [1.29, 1.82) is 0 Å². The second-order valence-corrected chi connectivity index (χ2v) is 3.85. The zero-order chi connectivity index (χ0) is 11.7. The highest BCUT2D eigenvalue weighted by molar-refractivity contribution is 7.89. The van der Waals surface area contributed by atoms with Crippen molar-refractivity contribution < 1.29 is 0 Å². The second-order valence-electron chi connectivity index (χ2n) is 3.13. The summed E-state index contributed by atoms with van der Waals surface area (Å²) in [6.45, 7) is 0.467. The van der Waals surface area contributed by atoms with Gasteiger partial charge in [-0.3, -0.25) is 9.78 Å². The number of anilines is 3. The Morgan fingerprint density at radius 1 is 1.62 bits per heavy atom. The number of thiocarbonyl (C=S) groups is 1. The molecule has 0 amide bonds. The summed E-state index contributed by atoms with van der Waals surface area (Å²) in [7, 11) is 0. The van der Waals surface area contributed by atoms with Crippen LogP contribution in [0.3, 0.4) is 0 Å². The van der Waals surface area contributed by atoms with Gasteiger partial charge in [0.2, 0.25) is 5.95 Å². The van der Waals surface area contributed by atoms with E-state index in [-0.39, 0.29) is 11.5 Å². The second kappa shape index (κ2) is 4.14. The van der Waals surface area contributed by atoms with Crippen LogP contribution in [0.5, 0.6) is 0 Å². The predicted molar refractivity (Wildman–Crippen MR) is 71.0 cm³/mol. The molecule has 16 heavy (non-hydrogen) atoms. The summed E-state index contributed by atoms with van der Waals surface area (Å²) < 4.78 is 0. The average molecular weight is 255 g/mol. The van der Waals surface area contributed by atoms with Crippen LogP contribution in [0.25, 0.3) is 0 Å². The number of allylic oxidation sites excluding steroid dienone is 1. The van der Waals surface area contributed by atoms with Gasteiger partial charge in [-0.25, -0.2) is 0 Å². The Labute approximate surface area is 102 Å².